The Bertz CT molecular complexity index is 494. The Morgan fingerprint density at radius 1 is 1.17 bits per heavy atom. The van der Waals surface area contributed by atoms with Crippen molar-refractivity contribution < 1.29 is 9.53 Å². The van der Waals surface area contributed by atoms with Gasteiger partial charge < -0.3 is 9.64 Å². The van der Waals surface area contributed by atoms with Crippen LogP contribution in [0.15, 0.2) is 24.3 Å². The van der Waals surface area contributed by atoms with Gasteiger partial charge in [-0.2, -0.15) is 0 Å². The molecule has 0 saturated carbocycles. The molecule has 4 heteroatoms. The summed E-state index contributed by atoms with van der Waals surface area (Å²) in [5.74, 6) is 1.74. The average Bonchev–Trinajstić information content (AvgIpc) is 2.55. The molecule has 0 atom stereocenters. The summed E-state index contributed by atoms with van der Waals surface area (Å²) in [4.78, 5) is 16.6. The molecule has 4 nitrogen and oxygen atoms in total. The summed E-state index contributed by atoms with van der Waals surface area (Å²) < 4.78 is 5.40. The van der Waals surface area contributed by atoms with Crippen molar-refractivity contribution in [2.75, 3.05) is 39.8 Å². The fraction of sp³-hybridized carbons (Fsp3) is 0.632. The summed E-state index contributed by atoms with van der Waals surface area (Å²) in [5, 5.41) is 0. The highest BCUT2D eigenvalue weighted by Gasteiger charge is 2.21. The van der Waals surface area contributed by atoms with Gasteiger partial charge in [0, 0.05) is 32.6 Å². The molecular formula is C19H30N2O2. The quantitative estimate of drug-likeness (QED) is 0.775. The third kappa shape index (κ3) is 5.54. The lowest BCUT2D eigenvalue weighted by Crippen LogP contribution is -2.49. The smallest absolute Gasteiger partial charge is 0.222 e. The van der Waals surface area contributed by atoms with E-state index in [0.717, 1.165) is 51.3 Å². The minimum absolute atomic E-state index is 0.314. The second kappa shape index (κ2) is 8.92. The molecule has 2 rings (SSSR count). The number of ether oxygens (including phenoxy) is 1. The molecule has 1 amide bonds. The summed E-state index contributed by atoms with van der Waals surface area (Å²) in [6, 6.07) is 8.24. The van der Waals surface area contributed by atoms with Crippen LogP contribution in [0.25, 0.3) is 0 Å². The van der Waals surface area contributed by atoms with Crippen molar-refractivity contribution in [3.8, 4) is 5.75 Å². The van der Waals surface area contributed by atoms with Gasteiger partial charge in [-0.1, -0.05) is 32.0 Å². The van der Waals surface area contributed by atoms with Gasteiger partial charge in [-0.15, -0.1) is 0 Å². The van der Waals surface area contributed by atoms with E-state index in [0.29, 0.717) is 18.2 Å². The lowest BCUT2D eigenvalue weighted by Gasteiger charge is -2.35. The van der Waals surface area contributed by atoms with Crippen LogP contribution in [-0.4, -0.2) is 55.5 Å². The molecule has 128 valence electrons. The van der Waals surface area contributed by atoms with Gasteiger partial charge >= 0.3 is 0 Å². The summed E-state index contributed by atoms with van der Waals surface area (Å²) in [6.07, 6.45) is 2.84. The Labute approximate surface area is 140 Å². The molecule has 0 bridgehead atoms. The molecule has 1 aliphatic rings. The molecule has 0 aromatic heterocycles. The van der Waals surface area contributed by atoms with E-state index in [2.05, 4.69) is 30.9 Å². The molecule has 1 aliphatic heterocycles. The number of nitrogens with zero attached hydrogens (tertiary/aromatic N) is 2. The van der Waals surface area contributed by atoms with Crippen molar-refractivity contribution in [1.82, 2.24) is 9.80 Å². The number of piperazine rings is 1. The zero-order chi connectivity index (χ0) is 16.7. The van der Waals surface area contributed by atoms with E-state index < -0.39 is 0 Å². The zero-order valence-electron chi connectivity index (χ0n) is 14.8. The molecular weight excluding hydrogens is 288 g/mol. The van der Waals surface area contributed by atoms with Gasteiger partial charge in [-0.25, -0.2) is 0 Å². The second-order valence-corrected chi connectivity index (χ2v) is 6.74. The number of para-hydroxylation sites is 1. The Balaban J connectivity index is 1.70. The second-order valence-electron chi connectivity index (χ2n) is 6.74. The Morgan fingerprint density at radius 3 is 2.52 bits per heavy atom. The number of rotatable bonds is 7. The predicted octanol–water partition coefficient (Wildman–Crippen LogP) is 2.82. The van der Waals surface area contributed by atoms with Gasteiger partial charge in [0.05, 0.1) is 7.11 Å². The Hall–Kier alpha value is -1.55. The van der Waals surface area contributed by atoms with E-state index in [1.807, 2.05) is 17.0 Å². The van der Waals surface area contributed by atoms with Gasteiger partial charge in [-0.3, -0.25) is 9.69 Å². The number of amides is 1. The number of methoxy groups -OCH3 is 1. The lowest BCUT2D eigenvalue weighted by molar-refractivity contribution is -0.133. The number of aryl methyl sites for hydroxylation is 1. The van der Waals surface area contributed by atoms with Gasteiger partial charge in [0.25, 0.3) is 0 Å². The Kier molecular flexibility index (Phi) is 6.90. The minimum Gasteiger partial charge on any atom is -0.496 e. The third-order valence-electron chi connectivity index (χ3n) is 4.42. The highest BCUT2D eigenvalue weighted by Crippen LogP contribution is 2.19. The first-order chi connectivity index (χ1) is 11.1. The van der Waals surface area contributed by atoms with Crippen molar-refractivity contribution in [2.24, 2.45) is 5.92 Å². The van der Waals surface area contributed by atoms with Crippen molar-refractivity contribution >= 4 is 5.91 Å². The van der Waals surface area contributed by atoms with E-state index >= 15 is 0 Å². The van der Waals surface area contributed by atoms with E-state index in [1.165, 1.54) is 5.56 Å². The highest BCUT2D eigenvalue weighted by atomic mass is 16.5. The topological polar surface area (TPSA) is 32.8 Å². The van der Waals surface area contributed by atoms with Crippen LogP contribution in [0.1, 0.15) is 32.3 Å². The van der Waals surface area contributed by atoms with Crippen LogP contribution in [0.3, 0.4) is 0 Å². The van der Waals surface area contributed by atoms with E-state index in [9.17, 15) is 4.79 Å². The molecule has 0 radical (unpaired) electrons. The molecule has 0 spiro atoms. The number of carbonyl (C=O) groups excluding carboxylic acids is 1. The van der Waals surface area contributed by atoms with Gasteiger partial charge in [-0.05, 0) is 36.9 Å². The van der Waals surface area contributed by atoms with Crippen molar-refractivity contribution in [2.45, 2.75) is 33.1 Å². The van der Waals surface area contributed by atoms with E-state index in [-0.39, 0.29) is 0 Å². The minimum atomic E-state index is 0.314. The van der Waals surface area contributed by atoms with Crippen molar-refractivity contribution in [3.63, 3.8) is 0 Å². The van der Waals surface area contributed by atoms with Crippen LogP contribution < -0.4 is 4.74 Å². The standard InChI is InChI=1S/C19H30N2O2/c1-16(2)15-19(22)21-13-11-20(12-14-21)10-6-8-17-7-4-5-9-18(17)23-3/h4-5,7,9,16H,6,8,10-15H2,1-3H3. The van der Waals surface area contributed by atoms with Crippen LogP contribution in [0.2, 0.25) is 0 Å². The lowest BCUT2D eigenvalue weighted by atomic mass is 10.1. The summed E-state index contributed by atoms with van der Waals surface area (Å²) in [6.45, 7) is 9.04. The summed E-state index contributed by atoms with van der Waals surface area (Å²) in [7, 11) is 1.73. The first kappa shape index (κ1) is 17.8. The monoisotopic (exact) mass is 318 g/mol. The van der Waals surface area contributed by atoms with Gasteiger partial charge in [0.1, 0.15) is 5.75 Å². The number of hydrogen-bond acceptors (Lipinski definition) is 3. The van der Waals surface area contributed by atoms with E-state index in [4.69, 9.17) is 4.74 Å². The average molecular weight is 318 g/mol. The first-order valence-electron chi connectivity index (χ1n) is 8.72. The van der Waals surface area contributed by atoms with Crippen LogP contribution in [0.5, 0.6) is 5.75 Å². The zero-order valence-corrected chi connectivity index (χ0v) is 14.8. The molecule has 23 heavy (non-hydrogen) atoms. The number of hydrogen-bond donors (Lipinski definition) is 0. The summed E-state index contributed by atoms with van der Waals surface area (Å²) in [5.41, 5.74) is 1.28. The first-order valence-corrected chi connectivity index (χ1v) is 8.72. The highest BCUT2D eigenvalue weighted by molar-refractivity contribution is 5.76. The molecule has 1 saturated heterocycles. The maximum atomic E-state index is 12.1. The van der Waals surface area contributed by atoms with Crippen molar-refractivity contribution in [3.05, 3.63) is 29.8 Å². The SMILES string of the molecule is COc1ccccc1CCCN1CCN(C(=O)CC(C)C)CC1. The molecule has 1 heterocycles. The molecule has 0 N–H and O–H groups in total. The maximum Gasteiger partial charge on any atom is 0.222 e. The molecule has 1 fully saturated rings. The molecule has 0 unspecified atom stereocenters. The van der Waals surface area contributed by atoms with Crippen LogP contribution >= 0.6 is 0 Å². The normalized spacial score (nSPS) is 15.9. The van der Waals surface area contributed by atoms with Crippen LogP contribution in [0, 0.1) is 5.92 Å². The van der Waals surface area contributed by atoms with Gasteiger partial charge in [0.2, 0.25) is 5.91 Å². The van der Waals surface area contributed by atoms with Gasteiger partial charge in [0.15, 0.2) is 0 Å². The van der Waals surface area contributed by atoms with Crippen LogP contribution in [0.4, 0.5) is 0 Å². The molecule has 1 aromatic carbocycles. The molecule has 1 aromatic rings. The van der Waals surface area contributed by atoms with Crippen molar-refractivity contribution in [1.29, 1.82) is 0 Å². The Morgan fingerprint density at radius 2 is 1.87 bits per heavy atom. The van der Waals surface area contributed by atoms with Crippen LogP contribution in [-0.2, 0) is 11.2 Å². The largest absolute Gasteiger partial charge is 0.496 e. The predicted molar refractivity (Wildman–Crippen MR) is 93.8 cm³/mol. The number of carbonyl (C=O) groups is 1. The summed E-state index contributed by atoms with van der Waals surface area (Å²) >= 11 is 0. The fourth-order valence-electron chi connectivity index (χ4n) is 3.10. The van der Waals surface area contributed by atoms with E-state index in [1.54, 1.807) is 7.11 Å². The fourth-order valence-corrected chi connectivity index (χ4v) is 3.10. The number of benzene rings is 1. The maximum absolute atomic E-state index is 12.1. The molecule has 0 aliphatic carbocycles. The third-order valence-corrected chi connectivity index (χ3v) is 4.42.